The molecule has 2 rings (SSSR count). The van der Waals surface area contributed by atoms with Gasteiger partial charge in [0.25, 0.3) is 10.0 Å². The highest BCUT2D eigenvalue weighted by molar-refractivity contribution is 7.92. The summed E-state index contributed by atoms with van der Waals surface area (Å²) in [6.07, 6.45) is 2.98. The van der Waals surface area contributed by atoms with Crippen molar-refractivity contribution in [2.45, 2.75) is 25.0 Å². The molecular formula is C12H16N4O2S. The van der Waals surface area contributed by atoms with Crippen molar-refractivity contribution in [2.24, 2.45) is 5.73 Å². The third-order valence-electron chi connectivity index (χ3n) is 2.73. The smallest absolute Gasteiger partial charge is 0.280 e. The van der Waals surface area contributed by atoms with Gasteiger partial charge in [-0.2, -0.15) is 8.42 Å². The molecule has 0 aliphatic heterocycles. The molecule has 6 nitrogen and oxygen atoms in total. The molecule has 19 heavy (non-hydrogen) atoms. The van der Waals surface area contributed by atoms with Gasteiger partial charge in [-0.1, -0.05) is 18.2 Å². The second kappa shape index (κ2) is 5.41. The molecule has 0 unspecified atom stereocenters. The molecule has 7 heteroatoms. The fourth-order valence-electron chi connectivity index (χ4n) is 1.65. The number of benzene rings is 1. The summed E-state index contributed by atoms with van der Waals surface area (Å²) in [4.78, 5) is 3.89. The number of anilines is 1. The summed E-state index contributed by atoms with van der Waals surface area (Å²) in [5.41, 5.74) is 6.80. The monoisotopic (exact) mass is 280 g/mol. The van der Waals surface area contributed by atoms with Gasteiger partial charge in [0.2, 0.25) is 0 Å². The Balaban J connectivity index is 2.31. The lowest BCUT2D eigenvalue weighted by atomic mass is 10.2. The van der Waals surface area contributed by atoms with E-state index >= 15 is 0 Å². The SMILES string of the molecule is CCn1cnc(S(=O)(=O)Nc2ccccc2CN)c1. The van der Waals surface area contributed by atoms with Gasteiger partial charge in [-0.25, -0.2) is 4.98 Å². The van der Waals surface area contributed by atoms with Gasteiger partial charge in [0.1, 0.15) is 0 Å². The van der Waals surface area contributed by atoms with Crippen molar-refractivity contribution in [1.82, 2.24) is 9.55 Å². The highest BCUT2D eigenvalue weighted by Crippen LogP contribution is 2.18. The number of nitrogens with zero attached hydrogens (tertiary/aromatic N) is 2. The molecule has 1 aromatic heterocycles. The Morgan fingerprint density at radius 1 is 1.37 bits per heavy atom. The highest BCUT2D eigenvalue weighted by Gasteiger charge is 2.18. The van der Waals surface area contributed by atoms with Crippen LogP contribution in [0.4, 0.5) is 5.69 Å². The third-order valence-corrected chi connectivity index (χ3v) is 3.98. The van der Waals surface area contributed by atoms with Crippen molar-refractivity contribution >= 4 is 15.7 Å². The molecule has 0 bridgehead atoms. The Kier molecular flexibility index (Phi) is 3.87. The Hall–Kier alpha value is -1.86. The average Bonchev–Trinajstić information content (AvgIpc) is 2.88. The predicted octanol–water partition coefficient (Wildman–Crippen LogP) is 1.16. The van der Waals surface area contributed by atoms with Crippen LogP contribution >= 0.6 is 0 Å². The van der Waals surface area contributed by atoms with Crippen LogP contribution in [0, 0.1) is 0 Å². The summed E-state index contributed by atoms with van der Waals surface area (Å²) < 4.78 is 28.5. The molecule has 0 fully saturated rings. The van der Waals surface area contributed by atoms with Crippen LogP contribution in [0.1, 0.15) is 12.5 Å². The topological polar surface area (TPSA) is 90.0 Å². The molecule has 0 saturated carbocycles. The lowest BCUT2D eigenvalue weighted by molar-refractivity contribution is 0.598. The molecule has 0 spiro atoms. The van der Waals surface area contributed by atoms with Crippen molar-refractivity contribution in [2.75, 3.05) is 4.72 Å². The predicted molar refractivity (Wildman–Crippen MR) is 73.0 cm³/mol. The minimum absolute atomic E-state index is 0.00109. The number of aromatic nitrogens is 2. The second-order valence-corrected chi connectivity index (χ2v) is 5.64. The first kappa shape index (κ1) is 13.6. The largest absolute Gasteiger partial charge is 0.336 e. The van der Waals surface area contributed by atoms with E-state index in [9.17, 15) is 8.42 Å². The van der Waals surface area contributed by atoms with E-state index in [0.29, 0.717) is 12.2 Å². The van der Waals surface area contributed by atoms with E-state index in [1.807, 2.05) is 13.0 Å². The first-order chi connectivity index (χ1) is 9.06. The molecule has 0 radical (unpaired) electrons. The van der Waals surface area contributed by atoms with E-state index in [0.717, 1.165) is 5.56 Å². The number of para-hydroxylation sites is 1. The number of rotatable bonds is 5. The van der Waals surface area contributed by atoms with Crippen LogP contribution < -0.4 is 10.5 Å². The zero-order valence-corrected chi connectivity index (χ0v) is 11.4. The van der Waals surface area contributed by atoms with Gasteiger partial charge in [-0.05, 0) is 18.6 Å². The summed E-state index contributed by atoms with van der Waals surface area (Å²) in [7, 11) is -3.67. The first-order valence-electron chi connectivity index (χ1n) is 5.89. The molecule has 2 aromatic rings. The van der Waals surface area contributed by atoms with Crippen molar-refractivity contribution in [3.63, 3.8) is 0 Å². The van der Waals surface area contributed by atoms with Crippen LogP contribution in [0.2, 0.25) is 0 Å². The van der Waals surface area contributed by atoms with Crippen molar-refractivity contribution in [3.8, 4) is 0 Å². The fraction of sp³-hybridized carbons (Fsp3) is 0.250. The Bertz CT molecular complexity index is 664. The highest BCUT2D eigenvalue weighted by atomic mass is 32.2. The van der Waals surface area contributed by atoms with Crippen LogP contribution in [-0.2, 0) is 23.1 Å². The molecule has 102 valence electrons. The number of nitrogens with one attached hydrogen (secondary N) is 1. The molecule has 3 N–H and O–H groups in total. The number of nitrogens with two attached hydrogens (primary N) is 1. The lowest BCUT2D eigenvalue weighted by Gasteiger charge is -2.09. The molecule has 1 aromatic carbocycles. The van der Waals surface area contributed by atoms with Gasteiger partial charge < -0.3 is 10.3 Å². The lowest BCUT2D eigenvalue weighted by Crippen LogP contribution is -2.15. The van der Waals surface area contributed by atoms with Gasteiger partial charge in [0.05, 0.1) is 12.0 Å². The summed E-state index contributed by atoms with van der Waals surface area (Å²) in [5, 5.41) is 0.00109. The van der Waals surface area contributed by atoms with Crippen molar-refractivity contribution in [1.29, 1.82) is 0 Å². The van der Waals surface area contributed by atoms with E-state index < -0.39 is 10.0 Å². The van der Waals surface area contributed by atoms with Gasteiger partial charge in [0.15, 0.2) is 5.03 Å². The molecule has 0 saturated heterocycles. The Morgan fingerprint density at radius 2 is 2.11 bits per heavy atom. The minimum atomic E-state index is -3.67. The second-order valence-electron chi connectivity index (χ2n) is 4.01. The maximum absolute atomic E-state index is 12.2. The molecule has 0 amide bonds. The first-order valence-corrected chi connectivity index (χ1v) is 7.37. The van der Waals surface area contributed by atoms with E-state index in [1.165, 1.54) is 12.5 Å². The normalized spacial score (nSPS) is 11.5. The summed E-state index contributed by atoms with van der Waals surface area (Å²) in [5.74, 6) is 0. The average molecular weight is 280 g/mol. The van der Waals surface area contributed by atoms with E-state index in [2.05, 4.69) is 9.71 Å². The summed E-state index contributed by atoms with van der Waals surface area (Å²) in [6, 6.07) is 7.02. The minimum Gasteiger partial charge on any atom is -0.336 e. The van der Waals surface area contributed by atoms with Gasteiger partial charge in [-0.3, -0.25) is 4.72 Å². The maximum atomic E-state index is 12.2. The van der Waals surface area contributed by atoms with Gasteiger partial charge in [-0.15, -0.1) is 0 Å². The zero-order valence-electron chi connectivity index (χ0n) is 10.6. The molecular weight excluding hydrogens is 264 g/mol. The van der Waals surface area contributed by atoms with Crippen LogP contribution in [0.15, 0.2) is 41.8 Å². The number of hydrogen-bond acceptors (Lipinski definition) is 4. The Labute approximate surface area is 112 Å². The molecule has 1 heterocycles. The van der Waals surface area contributed by atoms with E-state index in [-0.39, 0.29) is 11.6 Å². The van der Waals surface area contributed by atoms with Crippen LogP contribution in [0.3, 0.4) is 0 Å². The van der Waals surface area contributed by atoms with Gasteiger partial charge >= 0.3 is 0 Å². The number of sulfonamides is 1. The fourth-order valence-corrected chi connectivity index (χ4v) is 2.70. The summed E-state index contributed by atoms with van der Waals surface area (Å²) >= 11 is 0. The maximum Gasteiger partial charge on any atom is 0.280 e. The number of imidazole rings is 1. The molecule has 0 atom stereocenters. The van der Waals surface area contributed by atoms with E-state index in [1.54, 1.807) is 22.8 Å². The van der Waals surface area contributed by atoms with E-state index in [4.69, 9.17) is 5.73 Å². The number of hydrogen-bond donors (Lipinski definition) is 2. The molecule has 0 aliphatic carbocycles. The third kappa shape index (κ3) is 2.94. The van der Waals surface area contributed by atoms with Crippen molar-refractivity contribution in [3.05, 3.63) is 42.4 Å². The van der Waals surface area contributed by atoms with Gasteiger partial charge in [0, 0.05) is 19.3 Å². The van der Waals surface area contributed by atoms with Crippen molar-refractivity contribution < 1.29 is 8.42 Å². The Morgan fingerprint density at radius 3 is 2.74 bits per heavy atom. The summed E-state index contributed by atoms with van der Waals surface area (Å²) in [6.45, 7) is 2.85. The zero-order chi connectivity index (χ0) is 13.9. The van der Waals surface area contributed by atoms with Crippen LogP contribution in [0.25, 0.3) is 0 Å². The quantitative estimate of drug-likeness (QED) is 0.860. The molecule has 0 aliphatic rings. The van der Waals surface area contributed by atoms with Crippen LogP contribution in [0.5, 0.6) is 0 Å². The number of aryl methyl sites for hydroxylation is 1. The standard InChI is InChI=1S/C12H16N4O2S/c1-2-16-8-12(14-9-16)19(17,18)15-11-6-4-3-5-10(11)7-13/h3-6,8-9,15H,2,7,13H2,1H3. The van der Waals surface area contributed by atoms with Crippen LogP contribution in [-0.4, -0.2) is 18.0 Å².